The summed E-state index contributed by atoms with van der Waals surface area (Å²) in [7, 11) is -1.74. The molecule has 2 fully saturated rings. The number of carbonyl (C=O) groups excluding carboxylic acids is 1. The Hall–Kier alpha value is -0.493. The lowest BCUT2D eigenvalue weighted by Crippen LogP contribution is -2.59. The fraction of sp³-hybridized carbons (Fsp3) is 0.870. The summed E-state index contributed by atoms with van der Waals surface area (Å²) in [6, 6.07) is 0. The number of hydrogen-bond acceptors (Lipinski definition) is 4. The van der Waals surface area contributed by atoms with Crippen LogP contribution in [-0.4, -0.2) is 38.7 Å². The van der Waals surface area contributed by atoms with E-state index in [-0.39, 0.29) is 22.5 Å². The van der Waals surface area contributed by atoms with Gasteiger partial charge in [0.25, 0.3) is 0 Å². The zero-order chi connectivity index (χ0) is 21.6. The summed E-state index contributed by atoms with van der Waals surface area (Å²) in [5, 5.41) is 0.214. The Morgan fingerprint density at radius 1 is 1.25 bits per heavy atom. The van der Waals surface area contributed by atoms with Crippen LogP contribution in [0.2, 0.25) is 18.1 Å². The lowest BCUT2D eigenvalue weighted by Gasteiger charge is -2.53. The number of allylic oxidation sites excluding steroid dienone is 1. The van der Waals surface area contributed by atoms with E-state index in [2.05, 4.69) is 54.3 Å². The highest BCUT2D eigenvalue weighted by atomic mass is 28.4. The third-order valence-corrected chi connectivity index (χ3v) is 12.1. The van der Waals surface area contributed by atoms with Gasteiger partial charge in [-0.1, -0.05) is 46.8 Å². The molecule has 1 aliphatic heterocycles. The van der Waals surface area contributed by atoms with Crippen molar-refractivity contribution in [2.45, 2.75) is 110 Å². The molecule has 2 rings (SSSR count). The first kappa shape index (κ1) is 23.8. The van der Waals surface area contributed by atoms with Gasteiger partial charge in [0.05, 0.1) is 6.10 Å². The first-order chi connectivity index (χ1) is 12.6. The van der Waals surface area contributed by atoms with Gasteiger partial charge in [0.2, 0.25) is 0 Å². The van der Waals surface area contributed by atoms with E-state index in [1.165, 1.54) is 0 Å². The minimum Gasteiger partial charge on any atom is -0.417 e. The Labute approximate surface area is 173 Å². The van der Waals surface area contributed by atoms with E-state index in [1.807, 2.05) is 13.8 Å². The number of rotatable bonds is 6. The number of aldehydes is 1. The lowest BCUT2D eigenvalue weighted by molar-refractivity contribution is -0.199. The van der Waals surface area contributed by atoms with Crippen LogP contribution in [0.1, 0.15) is 74.1 Å². The minimum atomic E-state index is -1.74. The molecule has 1 aliphatic carbocycles. The first-order valence-corrected chi connectivity index (χ1v) is 13.7. The molecule has 1 unspecified atom stereocenters. The molecule has 1 saturated heterocycles. The molecule has 28 heavy (non-hydrogen) atoms. The average molecular weight is 411 g/mol. The van der Waals surface area contributed by atoms with Crippen LogP contribution in [0.3, 0.4) is 0 Å². The molecule has 1 spiro atoms. The van der Waals surface area contributed by atoms with Crippen LogP contribution in [0.5, 0.6) is 0 Å². The second-order valence-electron chi connectivity index (χ2n) is 11.2. The lowest BCUT2D eigenvalue weighted by atomic mass is 9.56. The monoisotopic (exact) mass is 410 g/mol. The normalized spacial score (nSPS) is 32.7. The molecule has 0 aromatic rings. The van der Waals surface area contributed by atoms with Gasteiger partial charge in [-0.2, -0.15) is 0 Å². The molecule has 0 amide bonds. The van der Waals surface area contributed by atoms with E-state index < -0.39 is 19.7 Å². The number of hydrogen-bond donors (Lipinski definition) is 0. The summed E-state index contributed by atoms with van der Waals surface area (Å²) in [6.07, 6.45) is 4.47. The molecule has 3 atom stereocenters. The fourth-order valence-corrected chi connectivity index (χ4v) is 5.78. The molecule has 0 aromatic heterocycles. The van der Waals surface area contributed by atoms with Crippen LogP contribution in [-0.2, 0) is 18.7 Å². The van der Waals surface area contributed by atoms with E-state index in [1.54, 1.807) is 0 Å². The van der Waals surface area contributed by atoms with Crippen LogP contribution >= 0.6 is 0 Å². The van der Waals surface area contributed by atoms with E-state index in [0.29, 0.717) is 0 Å². The molecule has 4 nitrogen and oxygen atoms in total. The molecule has 0 N–H and O–H groups in total. The van der Waals surface area contributed by atoms with Gasteiger partial charge in [0, 0.05) is 17.9 Å². The molecular formula is C23H42O4Si. The van der Waals surface area contributed by atoms with Crippen molar-refractivity contribution < 1.29 is 18.7 Å². The van der Waals surface area contributed by atoms with Crippen LogP contribution < -0.4 is 0 Å². The Balaban J connectivity index is 2.14. The maximum atomic E-state index is 11.9. The zero-order valence-corrected chi connectivity index (χ0v) is 20.6. The number of carbonyl (C=O) groups is 1. The minimum absolute atomic E-state index is 0.0453. The topological polar surface area (TPSA) is 44.8 Å². The highest BCUT2D eigenvalue weighted by molar-refractivity contribution is 6.74. The van der Waals surface area contributed by atoms with E-state index in [9.17, 15) is 4.79 Å². The fourth-order valence-electron chi connectivity index (χ4n) is 4.69. The van der Waals surface area contributed by atoms with Crippen LogP contribution in [0, 0.1) is 11.3 Å². The molecule has 1 saturated carbocycles. The predicted octanol–water partition coefficient (Wildman–Crippen LogP) is 5.87. The van der Waals surface area contributed by atoms with E-state index >= 15 is 0 Å². The van der Waals surface area contributed by atoms with Crippen molar-refractivity contribution in [2.24, 2.45) is 11.3 Å². The van der Waals surface area contributed by atoms with Crippen molar-refractivity contribution in [1.82, 2.24) is 0 Å². The standard InChI is InChI=1S/C23H42O4Si/c1-17-13-14-23(21(5,6)18(17)16-24)19(26-22(7,8)27-23)12-11-15-25-28(9,10)20(2,3)4/h16,18-19H,1,11-15H2,2-10H3/t18?,19-,23+/m0/s1. The molecular weight excluding hydrogens is 368 g/mol. The predicted molar refractivity (Wildman–Crippen MR) is 117 cm³/mol. The number of ether oxygens (including phenoxy) is 2. The first-order valence-electron chi connectivity index (χ1n) is 10.7. The SMILES string of the molecule is C=C1CC[C@]2(OC(C)(C)O[C@H]2CCCO[Si](C)(C)C(C)(C)C)C(C)(C)C1C=O. The molecule has 0 bridgehead atoms. The van der Waals surface area contributed by atoms with Gasteiger partial charge in [-0.25, -0.2) is 0 Å². The maximum absolute atomic E-state index is 11.9. The van der Waals surface area contributed by atoms with Crippen molar-refractivity contribution in [3.05, 3.63) is 12.2 Å². The van der Waals surface area contributed by atoms with Gasteiger partial charge in [-0.3, -0.25) is 0 Å². The van der Waals surface area contributed by atoms with Crippen LogP contribution in [0.25, 0.3) is 0 Å². The Morgan fingerprint density at radius 3 is 2.39 bits per heavy atom. The molecule has 2 aliphatic rings. The third kappa shape index (κ3) is 4.18. The van der Waals surface area contributed by atoms with Crippen molar-refractivity contribution in [2.75, 3.05) is 6.61 Å². The second kappa shape index (κ2) is 7.64. The van der Waals surface area contributed by atoms with Crippen LogP contribution in [0.4, 0.5) is 0 Å². The molecule has 1 heterocycles. The van der Waals surface area contributed by atoms with Gasteiger partial charge in [-0.15, -0.1) is 0 Å². The van der Waals surface area contributed by atoms with Gasteiger partial charge in [-0.05, 0) is 57.7 Å². The van der Waals surface area contributed by atoms with Gasteiger partial charge in [0.15, 0.2) is 14.1 Å². The Bertz CT molecular complexity index is 602. The average Bonchev–Trinajstić information content (AvgIpc) is 2.79. The molecule has 5 heteroatoms. The largest absolute Gasteiger partial charge is 0.417 e. The van der Waals surface area contributed by atoms with Gasteiger partial charge in [0.1, 0.15) is 11.9 Å². The van der Waals surface area contributed by atoms with Crippen molar-refractivity contribution in [1.29, 1.82) is 0 Å². The zero-order valence-electron chi connectivity index (χ0n) is 19.6. The van der Waals surface area contributed by atoms with E-state index in [4.69, 9.17) is 13.9 Å². The van der Waals surface area contributed by atoms with Gasteiger partial charge >= 0.3 is 0 Å². The smallest absolute Gasteiger partial charge is 0.191 e. The maximum Gasteiger partial charge on any atom is 0.191 e. The molecule has 0 radical (unpaired) electrons. The molecule has 0 aromatic carbocycles. The highest BCUT2D eigenvalue weighted by Crippen LogP contribution is 2.58. The van der Waals surface area contributed by atoms with Gasteiger partial charge < -0.3 is 18.7 Å². The summed E-state index contributed by atoms with van der Waals surface area (Å²) >= 11 is 0. The third-order valence-electron chi connectivity index (χ3n) is 7.52. The molecule has 162 valence electrons. The highest BCUT2D eigenvalue weighted by Gasteiger charge is 2.64. The quantitative estimate of drug-likeness (QED) is 0.238. The summed E-state index contributed by atoms with van der Waals surface area (Å²) in [6.45, 7) is 24.5. The van der Waals surface area contributed by atoms with Crippen molar-refractivity contribution in [3.63, 3.8) is 0 Å². The summed E-state index contributed by atoms with van der Waals surface area (Å²) in [5.41, 5.74) is 0.183. The Kier molecular flexibility index (Phi) is 6.49. The van der Waals surface area contributed by atoms with E-state index in [0.717, 1.165) is 44.1 Å². The van der Waals surface area contributed by atoms with Crippen LogP contribution in [0.15, 0.2) is 12.2 Å². The van der Waals surface area contributed by atoms with Crippen molar-refractivity contribution in [3.8, 4) is 0 Å². The second-order valence-corrected chi connectivity index (χ2v) is 16.1. The summed E-state index contributed by atoms with van der Waals surface area (Å²) in [5.74, 6) is -0.848. The summed E-state index contributed by atoms with van der Waals surface area (Å²) in [4.78, 5) is 11.9. The summed E-state index contributed by atoms with van der Waals surface area (Å²) < 4.78 is 19.3. The Morgan fingerprint density at radius 2 is 1.86 bits per heavy atom. The van der Waals surface area contributed by atoms with Crippen molar-refractivity contribution >= 4 is 14.6 Å².